The van der Waals surface area contributed by atoms with Crippen LogP contribution in [-0.4, -0.2) is 33.4 Å². The normalized spacial score (nSPS) is 15.5. The summed E-state index contributed by atoms with van der Waals surface area (Å²) < 4.78 is 7.59. The van der Waals surface area contributed by atoms with Crippen molar-refractivity contribution in [2.45, 2.75) is 25.7 Å². The average molecular weight is 351 g/mol. The second-order valence-electron chi connectivity index (χ2n) is 6.85. The van der Waals surface area contributed by atoms with Crippen LogP contribution in [0.25, 0.3) is 11.0 Å². The first kappa shape index (κ1) is 16.6. The van der Waals surface area contributed by atoms with E-state index in [1.54, 1.807) is 11.8 Å². The van der Waals surface area contributed by atoms with E-state index in [1.165, 1.54) is 12.1 Å². The third-order valence-electron chi connectivity index (χ3n) is 5.07. The molecule has 0 aliphatic carbocycles. The summed E-state index contributed by atoms with van der Waals surface area (Å²) in [5.41, 5.74) is 1.93. The molecule has 0 radical (unpaired) electrons. The largest absolute Gasteiger partial charge is 0.456 e. The van der Waals surface area contributed by atoms with E-state index in [4.69, 9.17) is 9.40 Å². The Hall–Kier alpha value is -2.89. The second-order valence-corrected chi connectivity index (χ2v) is 6.85. The molecule has 1 amide bonds. The lowest BCUT2D eigenvalue weighted by Gasteiger charge is -2.31. The van der Waals surface area contributed by atoms with Crippen molar-refractivity contribution in [1.82, 2.24) is 14.5 Å². The predicted octanol–water partition coefficient (Wildman–Crippen LogP) is 2.85. The van der Waals surface area contributed by atoms with Gasteiger partial charge in [-0.3, -0.25) is 9.59 Å². The number of hydrogen-bond donors (Lipinski definition) is 0. The minimum absolute atomic E-state index is 0.121. The third-order valence-corrected chi connectivity index (χ3v) is 5.07. The number of nitrogens with zero attached hydrogens (tertiary/aromatic N) is 3. The molecule has 1 aliphatic rings. The molecule has 6 nitrogen and oxygen atoms in total. The summed E-state index contributed by atoms with van der Waals surface area (Å²) in [6.07, 6.45) is 1.69. The van der Waals surface area contributed by atoms with E-state index in [9.17, 15) is 9.59 Å². The highest BCUT2D eigenvalue weighted by Gasteiger charge is 2.28. The van der Waals surface area contributed by atoms with Gasteiger partial charge >= 0.3 is 0 Å². The Bertz CT molecular complexity index is 1030. The summed E-state index contributed by atoms with van der Waals surface area (Å²) in [4.78, 5) is 30.8. The zero-order valence-electron chi connectivity index (χ0n) is 14.9. The van der Waals surface area contributed by atoms with Crippen molar-refractivity contribution in [3.05, 3.63) is 64.0 Å². The number of rotatable bonds is 2. The number of amides is 1. The van der Waals surface area contributed by atoms with Gasteiger partial charge in [-0.15, -0.1) is 0 Å². The molecule has 0 N–H and O–H groups in total. The van der Waals surface area contributed by atoms with Crippen LogP contribution in [-0.2, 0) is 7.05 Å². The van der Waals surface area contributed by atoms with E-state index >= 15 is 0 Å². The van der Waals surface area contributed by atoms with Crippen molar-refractivity contribution < 1.29 is 9.21 Å². The number of aromatic nitrogens is 2. The molecule has 0 atom stereocenters. The monoisotopic (exact) mass is 351 g/mol. The highest BCUT2D eigenvalue weighted by Crippen LogP contribution is 2.30. The number of carbonyl (C=O) groups excluding carboxylic acids is 1. The molecule has 0 saturated carbocycles. The SMILES string of the molecule is Cc1cc(=O)cc(C(=O)N2CCC(c3nc4ccccc4n3C)CC2)o1. The quantitative estimate of drug-likeness (QED) is 0.712. The maximum Gasteiger partial charge on any atom is 0.289 e. The molecule has 0 unspecified atom stereocenters. The van der Waals surface area contributed by atoms with E-state index in [0.717, 1.165) is 29.7 Å². The minimum atomic E-state index is -0.214. The first-order valence-electron chi connectivity index (χ1n) is 8.85. The van der Waals surface area contributed by atoms with Crippen molar-refractivity contribution in [3.8, 4) is 0 Å². The molecule has 1 aromatic carbocycles. The number of benzene rings is 1. The number of imidazole rings is 1. The molecule has 1 fully saturated rings. The number of hydrogen-bond acceptors (Lipinski definition) is 4. The standard InChI is InChI=1S/C20H21N3O3/c1-13-11-15(24)12-18(26-13)20(25)23-9-7-14(8-10-23)19-21-16-5-3-4-6-17(16)22(19)2/h3-6,11-12,14H,7-10H2,1-2H3. The maximum absolute atomic E-state index is 12.6. The van der Waals surface area contributed by atoms with Gasteiger partial charge in [0.25, 0.3) is 5.91 Å². The van der Waals surface area contributed by atoms with Crippen LogP contribution < -0.4 is 5.43 Å². The van der Waals surface area contributed by atoms with Crippen molar-refractivity contribution in [2.75, 3.05) is 13.1 Å². The van der Waals surface area contributed by atoms with Gasteiger partial charge in [-0.2, -0.15) is 0 Å². The molecule has 26 heavy (non-hydrogen) atoms. The third kappa shape index (κ3) is 2.92. The van der Waals surface area contributed by atoms with E-state index < -0.39 is 0 Å². The minimum Gasteiger partial charge on any atom is -0.456 e. The number of piperidine rings is 1. The summed E-state index contributed by atoms with van der Waals surface area (Å²) in [5, 5.41) is 0. The van der Waals surface area contributed by atoms with E-state index in [2.05, 4.69) is 10.6 Å². The summed E-state index contributed by atoms with van der Waals surface area (Å²) in [5.74, 6) is 1.75. The van der Waals surface area contributed by atoms with Gasteiger partial charge in [-0.05, 0) is 31.9 Å². The lowest BCUT2D eigenvalue weighted by atomic mass is 9.95. The first-order chi connectivity index (χ1) is 12.5. The Morgan fingerprint density at radius 2 is 1.92 bits per heavy atom. The van der Waals surface area contributed by atoms with Gasteiger partial charge in [-0.25, -0.2) is 4.98 Å². The van der Waals surface area contributed by atoms with Crippen molar-refractivity contribution in [2.24, 2.45) is 7.05 Å². The molecule has 1 saturated heterocycles. The molecular formula is C20H21N3O3. The number of likely N-dealkylation sites (tertiary alicyclic amines) is 1. The molecule has 0 bridgehead atoms. The Morgan fingerprint density at radius 1 is 1.19 bits per heavy atom. The molecule has 0 spiro atoms. The van der Waals surface area contributed by atoms with Crippen LogP contribution in [0.5, 0.6) is 0 Å². The lowest BCUT2D eigenvalue weighted by molar-refractivity contribution is 0.0674. The molecular weight excluding hydrogens is 330 g/mol. The molecule has 134 valence electrons. The smallest absolute Gasteiger partial charge is 0.289 e. The van der Waals surface area contributed by atoms with Crippen LogP contribution in [0, 0.1) is 6.92 Å². The lowest BCUT2D eigenvalue weighted by Crippen LogP contribution is -2.38. The molecule has 3 heterocycles. The zero-order valence-corrected chi connectivity index (χ0v) is 14.9. The van der Waals surface area contributed by atoms with Gasteiger partial charge in [0.2, 0.25) is 0 Å². The molecule has 6 heteroatoms. The number of aryl methyl sites for hydroxylation is 2. The molecule has 3 aromatic rings. The fraction of sp³-hybridized carbons (Fsp3) is 0.350. The van der Waals surface area contributed by atoms with Crippen molar-refractivity contribution in [1.29, 1.82) is 0 Å². The van der Waals surface area contributed by atoms with Crippen LogP contribution in [0.3, 0.4) is 0 Å². The fourth-order valence-electron chi connectivity index (χ4n) is 3.73. The topological polar surface area (TPSA) is 68.3 Å². The zero-order chi connectivity index (χ0) is 18.3. The van der Waals surface area contributed by atoms with Gasteiger partial charge in [0.15, 0.2) is 11.2 Å². The van der Waals surface area contributed by atoms with E-state index in [0.29, 0.717) is 24.8 Å². The Kier molecular flexibility index (Phi) is 4.11. The van der Waals surface area contributed by atoms with E-state index in [1.807, 2.05) is 25.2 Å². The predicted molar refractivity (Wildman–Crippen MR) is 98.3 cm³/mol. The van der Waals surface area contributed by atoms with Gasteiger partial charge in [0, 0.05) is 38.2 Å². The number of fused-ring (bicyclic) bond motifs is 1. The van der Waals surface area contributed by atoms with Crippen molar-refractivity contribution >= 4 is 16.9 Å². The van der Waals surface area contributed by atoms with Gasteiger partial charge in [-0.1, -0.05) is 12.1 Å². The van der Waals surface area contributed by atoms with Crippen LogP contribution in [0.15, 0.2) is 45.6 Å². The summed E-state index contributed by atoms with van der Waals surface area (Å²) in [6.45, 7) is 2.94. The van der Waals surface area contributed by atoms with Gasteiger partial charge < -0.3 is 13.9 Å². The summed E-state index contributed by atoms with van der Waals surface area (Å²) >= 11 is 0. The van der Waals surface area contributed by atoms with Crippen molar-refractivity contribution in [3.63, 3.8) is 0 Å². The van der Waals surface area contributed by atoms with Crippen LogP contribution in [0.1, 0.15) is 40.9 Å². The van der Waals surface area contributed by atoms with Gasteiger partial charge in [0.1, 0.15) is 11.6 Å². The highest BCUT2D eigenvalue weighted by molar-refractivity contribution is 5.91. The summed E-state index contributed by atoms with van der Waals surface area (Å²) in [7, 11) is 2.05. The Labute approximate surface area is 151 Å². The highest BCUT2D eigenvalue weighted by atomic mass is 16.3. The number of para-hydroxylation sites is 2. The van der Waals surface area contributed by atoms with Crippen LogP contribution in [0.4, 0.5) is 0 Å². The summed E-state index contributed by atoms with van der Waals surface area (Å²) in [6, 6.07) is 10.8. The molecule has 1 aliphatic heterocycles. The van der Waals surface area contributed by atoms with E-state index in [-0.39, 0.29) is 17.1 Å². The molecule has 4 rings (SSSR count). The van der Waals surface area contributed by atoms with Crippen LogP contribution in [0.2, 0.25) is 0 Å². The van der Waals surface area contributed by atoms with Crippen LogP contribution >= 0.6 is 0 Å². The maximum atomic E-state index is 12.6. The first-order valence-corrected chi connectivity index (χ1v) is 8.85. The fourth-order valence-corrected chi connectivity index (χ4v) is 3.73. The van der Waals surface area contributed by atoms with Gasteiger partial charge in [0.05, 0.1) is 11.0 Å². The Morgan fingerprint density at radius 3 is 2.62 bits per heavy atom. The average Bonchev–Trinajstić information content (AvgIpc) is 2.97. The molecule has 2 aromatic heterocycles. The Balaban J connectivity index is 1.50. The second kappa shape index (κ2) is 6.44. The number of carbonyl (C=O) groups is 1.